The molecule has 1 N–H and O–H groups in total. The maximum absolute atomic E-state index is 11.0. The molecule has 0 aliphatic carbocycles. The third kappa shape index (κ3) is 8.01. The van der Waals surface area contributed by atoms with Gasteiger partial charge in [0.25, 0.3) is 0 Å². The highest BCUT2D eigenvalue weighted by Gasteiger charge is 1.94. The Morgan fingerprint density at radius 3 is 2.45 bits per heavy atom. The lowest BCUT2D eigenvalue weighted by molar-refractivity contribution is 0.656. The maximum atomic E-state index is 11.0. The minimum atomic E-state index is -0.774. The molecule has 0 aliphatic heterocycles. The zero-order valence-electron chi connectivity index (χ0n) is 7.56. The van der Waals surface area contributed by atoms with Crippen molar-refractivity contribution in [1.29, 1.82) is 0 Å². The summed E-state index contributed by atoms with van der Waals surface area (Å²) < 4.78 is 14.0. The van der Waals surface area contributed by atoms with E-state index in [-0.39, 0.29) is 0 Å². The Morgan fingerprint density at radius 2 is 1.91 bits per heavy atom. The van der Waals surface area contributed by atoms with E-state index in [0.717, 1.165) is 25.1 Å². The van der Waals surface area contributed by atoms with E-state index in [1.807, 2.05) is 6.92 Å². The summed E-state index contributed by atoms with van der Waals surface area (Å²) in [5, 5.41) is 0. The predicted octanol–water partition coefficient (Wildman–Crippen LogP) is 1.84. The lowest BCUT2D eigenvalue weighted by atomic mass is 10.3. The molecule has 2 nitrogen and oxygen atoms in total. The van der Waals surface area contributed by atoms with E-state index in [1.165, 1.54) is 12.8 Å². The molecule has 0 saturated carbocycles. The van der Waals surface area contributed by atoms with Gasteiger partial charge in [0.05, 0.1) is 11.0 Å². The number of unbranched alkanes of at least 4 members (excludes halogenated alkanes) is 2. The highest BCUT2D eigenvalue weighted by Crippen LogP contribution is 1.91. The topological polar surface area (TPSA) is 29.1 Å². The summed E-state index contributed by atoms with van der Waals surface area (Å²) in [6.07, 6.45) is 4.60. The smallest absolute Gasteiger partial charge is 0.0915 e. The average molecular weight is 177 g/mol. The first-order valence-corrected chi connectivity index (χ1v) is 5.75. The van der Waals surface area contributed by atoms with Crippen molar-refractivity contribution >= 4 is 11.0 Å². The van der Waals surface area contributed by atoms with E-state index in [4.69, 9.17) is 0 Å². The van der Waals surface area contributed by atoms with Crippen molar-refractivity contribution in [2.24, 2.45) is 0 Å². The number of hydrogen-bond acceptors (Lipinski definition) is 1. The van der Waals surface area contributed by atoms with E-state index in [0.29, 0.717) is 0 Å². The minimum absolute atomic E-state index is 0.774. The van der Waals surface area contributed by atoms with Gasteiger partial charge in [-0.1, -0.05) is 26.7 Å². The second kappa shape index (κ2) is 8.21. The molecule has 1 atom stereocenters. The summed E-state index contributed by atoms with van der Waals surface area (Å²) in [6.45, 7) is 5.12. The number of hydrogen-bond donors (Lipinski definition) is 1. The Hall–Kier alpha value is 0.110. The van der Waals surface area contributed by atoms with Crippen LogP contribution in [0.2, 0.25) is 0 Å². The van der Waals surface area contributed by atoms with Gasteiger partial charge in [-0.15, -0.1) is 0 Å². The van der Waals surface area contributed by atoms with Crippen LogP contribution in [-0.2, 0) is 11.0 Å². The molecule has 0 aromatic rings. The van der Waals surface area contributed by atoms with Gasteiger partial charge in [-0.05, 0) is 12.8 Å². The Kier molecular flexibility index (Phi) is 8.29. The van der Waals surface area contributed by atoms with Crippen LogP contribution in [-0.4, -0.2) is 16.5 Å². The summed E-state index contributed by atoms with van der Waals surface area (Å²) in [5.74, 6) is 0.784. The van der Waals surface area contributed by atoms with Crippen molar-refractivity contribution < 1.29 is 4.21 Å². The fourth-order valence-corrected chi connectivity index (χ4v) is 1.71. The molecular formula is C8H19NOS. The Labute approximate surface area is 72.4 Å². The van der Waals surface area contributed by atoms with E-state index in [1.54, 1.807) is 0 Å². The second-order valence-electron chi connectivity index (χ2n) is 2.65. The molecule has 0 heterocycles. The molecule has 0 radical (unpaired) electrons. The van der Waals surface area contributed by atoms with Gasteiger partial charge in [0, 0.05) is 12.3 Å². The zero-order valence-corrected chi connectivity index (χ0v) is 8.38. The average Bonchev–Trinajstić information content (AvgIpc) is 1.99. The first-order valence-electron chi connectivity index (χ1n) is 4.43. The predicted molar refractivity (Wildman–Crippen MR) is 50.8 cm³/mol. The molecule has 0 bridgehead atoms. The van der Waals surface area contributed by atoms with Gasteiger partial charge in [-0.2, -0.15) is 0 Å². The van der Waals surface area contributed by atoms with Crippen molar-refractivity contribution in [2.45, 2.75) is 39.5 Å². The van der Waals surface area contributed by atoms with Crippen molar-refractivity contribution in [3.63, 3.8) is 0 Å². The minimum Gasteiger partial charge on any atom is -0.243 e. The normalized spacial score (nSPS) is 13.3. The van der Waals surface area contributed by atoms with E-state index in [9.17, 15) is 4.21 Å². The van der Waals surface area contributed by atoms with Crippen LogP contribution in [0.25, 0.3) is 0 Å². The van der Waals surface area contributed by atoms with Crippen molar-refractivity contribution in [2.75, 3.05) is 12.3 Å². The fraction of sp³-hybridized carbons (Fsp3) is 1.00. The molecule has 68 valence electrons. The molecular weight excluding hydrogens is 158 g/mol. The van der Waals surface area contributed by atoms with Gasteiger partial charge >= 0.3 is 0 Å². The first-order chi connectivity index (χ1) is 5.31. The number of rotatable bonds is 7. The third-order valence-electron chi connectivity index (χ3n) is 1.43. The molecule has 0 amide bonds. The molecule has 0 aromatic heterocycles. The van der Waals surface area contributed by atoms with Crippen LogP contribution in [0.3, 0.4) is 0 Å². The van der Waals surface area contributed by atoms with Crippen LogP contribution in [0.15, 0.2) is 0 Å². The molecule has 11 heavy (non-hydrogen) atoms. The quantitative estimate of drug-likeness (QED) is 0.591. The van der Waals surface area contributed by atoms with Crippen LogP contribution in [0.1, 0.15) is 39.5 Å². The first kappa shape index (κ1) is 11.1. The monoisotopic (exact) mass is 177 g/mol. The highest BCUT2D eigenvalue weighted by molar-refractivity contribution is 7.82. The Morgan fingerprint density at radius 1 is 1.18 bits per heavy atom. The highest BCUT2D eigenvalue weighted by atomic mass is 32.2. The largest absolute Gasteiger partial charge is 0.243 e. The van der Waals surface area contributed by atoms with Gasteiger partial charge in [0.1, 0.15) is 0 Å². The molecule has 0 aromatic carbocycles. The standard InChI is InChI=1S/C8H19NOS/c1-3-5-6-7-9-11(10)8-4-2/h9H,3-8H2,1-2H3. The summed E-state index contributed by atoms with van der Waals surface area (Å²) in [6, 6.07) is 0. The lowest BCUT2D eigenvalue weighted by Crippen LogP contribution is -2.20. The van der Waals surface area contributed by atoms with Crippen molar-refractivity contribution in [1.82, 2.24) is 4.72 Å². The fourth-order valence-electron chi connectivity index (χ4n) is 0.819. The van der Waals surface area contributed by atoms with E-state index >= 15 is 0 Å². The maximum Gasteiger partial charge on any atom is 0.0915 e. The van der Waals surface area contributed by atoms with Crippen LogP contribution < -0.4 is 4.72 Å². The summed E-state index contributed by atoms with van der Waals surface area (Å²) in [7, 11) is -0.774. The Bertz CT molecular complexity index is 106. The van der Waals surface area contributed by atoms with Gasteiger partial charge < -0.3 is 0 Å². The van der Waals surface area contributed by atoms with Crippen LogP contribution in [0, 0.1) is 0 Å². The summed E-state index contributed by atoms with van der Waals surface area (Å²) in [5.41, 5.74) is 0. The molecule has 0 aliphatic rings. The van der Waals surface area contributed by atoms with E-state index in [2.05, 4.69) is 11.6 Å². The van der Waals surface area contributed by atoms with Gasteiger partial charge in [0.15, 0.2) is 0 Å². The molecule has 3 heteroatoms. The van der Waals surface area contributed by atoms with E-state index < -0.39 is 11.0 Å². The Balaban J connectivity index is 3.04. The summed E-state index contributed by atoms with van der Waals surface area (Å²) in [4.78, 5) is 0. The molecule has 0 spiro atoms. The van der Waals surface area contributed by atoms with Crippen LogP contribution >= 0.6 is 0 Å². The van der Waals surface area contributed by atoms with Crippen molar-refractivity contribution in [3.05, 3.63) is 0 Å². The van der Waals surface area contributed by atoms with Crippen LogP contribution in [0.4, 0.5) is 0 Å². The summed E-state index contributed by atoms with van der Waals surface area (Å²) >= 11 is 0. The van der Waals surface area contributed by atoms with Gasteiger partial charge in [0.2, 0.25) is 0 Å². The molecule has 0 fully saturated rings. The zero-order chi connectivity index (χ0) is 8.53. The molecule has 0 rings (SSSR count). The molecule has 0 saturated heterocycles. The molecule has 1 unspecified atom stereocenters. The second-order valence-corrected chi connectivity index (χ2v) is 4.04. The third-order valence-corrected chi connectivity index (χ3v) is 2.74. The van der Waals surface area contributed by atoms with Crippen LogP contribution in [0.5, 0.6) is 0 Å². The number of nitrogens with one attached hydrogen (secondary N) is 1. The van der Waals surface area contributed by atoms with Gasteiger partial charge in [-0.3, -0.25) is 0 Å². The van der Waals surface area contributed by atoms with Gasteiger partial charge in [-0.25, -0.2) is 8.93 Å². The van der Waals surface area contributed by atoms with Crippen molar-refractivity contribution in [3.8, 4) is 0 Å². The SMILES string of the molecule is CCCCCNS(=O)CCC. The lowest BCUT2D eigenvalue weighted by Gasteiger charge is -2.01.